The molecule has 0 radical (unpaired) electrons. The van der Waals surface area contributed by atoms with E-state index in [-0.39, 0.29) is 36.6 Å². The third kappa shape index (κ3) is 4.23. The number of hydrogen-bond acceptors (Lipinski definition) is 5. The Bertz CT molecular complexity index is 603. The van der Waals surface area contributed by atoms with Crippen LogP contribution < -0.4 is 11.1 Å². The van der Waals surface area contributed by atoms with Gasteiger partial charge in [-0.1, -0.05) is 12.1 Å². The van der Waals surface area contributed by atoms with E-state index in [4.69, 9.17) is 10.5 Å². The van der Waals surface area contributed by atoms with E-state index < -0.39 is 10.3 Å². The molecule has 0 saturated carbocycles. The lowest BCUT2D eigenvalue weighted by Gasteiger charge is -2.35. The molecule has 2 rings (SSSR count). The lowest BCUT2D eigenvalue weighted by molar-refractivity contribution is -0.385. The van der Waals surface area contributed by atoms with E-state index in [0.29, 0.717) is 37.2 Å². The van der Waals surface area contributed by atoms with Crippen LogP contribution in [0.1, 0.15) is 36.9 Å². The Hall–Kier alpha value is -1.70. The predicted molar refractivity (Wildman–Crippen MR) is 93.2 cm³/mol. The summed E-state index contributed by atoms with van der Waals surface area (Å²) in [6.45, 7) is 4.82. The van der Waals surface area contributed by atoms with Crippen molar-refractivity contribution in [2.45, 2.75) is 32.7 Å². The van der Waals surface area contributed by atoms with Crippen molar-refractivity contribution in [3.8, 4) is 0 Å². The molecule has 1 unspecified atom stereocenters. The topological polar surface area (TPSA) is 107 Å². The van der Waals surface area contributed by atoms with Gasteiger partial charge in [-0.15, -0.1) is 12.4 Å². The Morgan fingerprint density at radius 3 is 2.62 bits per heavy atom. The second-order valence-electron chi connectivity index (χ2n) is 6.10. The maximum atomic E-state index is 12.6. The Kier molecular flexibility index (Phi) is 7.13. The summed E-state index contributed by atoms with van der Waals surface area (Å²) in [5, 5.41) is 14.0. The average Bonchev–Trinajstić information content (AvgIpc) is 2.55. The van der Waals surface area contributed by atoms with Crippen LogP contribution in [0.15, 0.2) is 18.2 Å². The quantitative estimate of drug-likeness (QED) is 0.620. The number of benzene rings is 1. The van der Waals surface area contributed by atoms with Gasteiger partial charge in [-0.3, -0.25) is 14.9 Å². The molecule has 0 aromatic heterocycles. The largest absolute Gasteiger partial charge is 0.381 e. The number of nitrogens with zero attached hydrogens (tertiary/aromatic N) is 1. The van der Waals surface area contributed by atoms with Gasteiger partial charge in [0, 0.05) is 31.4 Å². The minimum absolute atomic E-state index is 0. The molecule has 0 aliphatic carbocycles. The van der Waals surface area contributed by atoms with Gasteiger partial charge in [0.15, 0.2) is 0 Å². The summed E-state index contributed by atoms with van der Waals surface area (Å²) in [6, 6.07) is 4.68. The van der Waals surface area contributed by atoms with Crippen LogP contribution in [0.5, 0.6) is 0 Å². The second-order valence-corrected chi connectivity index (χ2v) is 6.10. The molecule has 0 spiro atoms. The summed E-state index contributed by atoms with van der Waals surface area (Å²) in [7, 11) is 0. The number of nitro groups is 1. The van der Waals surface area contributed by atoms with Crippen molar-refractivity contribution >= 4 is 24.0 Å². The number of nitro benzene ring substituents is 1. The maximum Gasteiger partial charge on any atom is 0.272 e. The molecule has 1 aliphatic rings. The molecule has 1 amide bonds. The Balaban J connectivity index is 0.00000288. The molecule has 134 valence electrons. The fourth-order valence-electron chi connectivity index (χ4n) is 2.81. The van der Waals surface area contributed by atoms with Crippen LogP contribution in [-0.4, -0.2) is 30.6 Å². The summed E-state index contributed by atoms with van der Waals surface area (Å²) >= 11 is 0. The molecular weight excluding hydrogens is 334 g/mol. The summed E-state index contributed by atoms with van der Waals surface area (Å²) in [6.07, 6.45) is 1.19. The molecule has 7 nitrogen and oxygen atoms in total. The van der Waals surface area contributed by atoms with E-state index >= 15 is 0 Å². The molecule has 1 heterocycles. The molecule has 1 atom stereocenters. The van der Waals surface area contributed by atoms with Crippen molar-refractivity contribution in [3.63, 3.8) is 0 Å². The van der Waals surface area contributed by atoms with Gasteiger partial charge in [0.25, 0.3) is 5.69 Å². The smallest absolute Gasteiger partial charge is 0.272 e. The fourth-order valence-corrected chi connectivity index (χ4v) is 2.81. The van der Waals surface area contributed by atoms with Crippen molar-refractivity contribution < 1.29 is 14.5 Å². The highest BCUT2D eigenvalue weighted by molar-refractivity contribution is 5.85. The third-order valence-electron chi connectivity index (χ3n) is 4.60. The van der Waals surface area contributed by atoms with Crippen LogP contribution in [0, 0.1) is 22.5 Å². The van der Waals surface area contributed by atoms with Gasteiger partial charge < -0.3 is 15.8 Å². The summed E-state index contributed by atoms with van der Waals surface area (Å²) in [4.78, 5) is 23.3. The van der Waals surface area contributed by atoms with Gasteiger partial charge in [0.1, 0.15) is 0 Å². The molecule has 1 aromatic rings. The van der Waals surface area contributed by atoms with Gasteiger partial charge in [-0.25, -0.2) is 0 Å². The number of rotatable bonds is 5. The van der Waals surface area contributed by atoms with Crippen LogP contribution in [0.3, 0.4) is 0 Å². The second kappa shape index (κ2) is 8.41. The SMILES string of the molecule is Cc1ccc(C(C)NC(=O)C2(CN)CCOCC2)cc1[N+](=O)[O-].Cl. The fraction of sp³-hybridized carbons (Fsp3) is 0.562. The Morgan fingerprint density at radius 1 is 1.46 bits per heavy atom. The monoisotopic (exact) mass is 357 g/mol. The molecule has 24 heavy (non-hydrogen) atoms. The first-order chi connectivity index (χ1) is 10.9. The first kappa shape index (κ1) is 20.3. The van der Waals surface area contributed by atoms with Crippen LogP contribution >= 0.6 is 12.4 Å². The van der Waals surface area contributed by atoms with Crippen LogP contribution in [0.4, 0.5) is 5.69 Å². The van der Waals surface area contributed by atoms with Gasteiger partial charge >= 0.3 is 0 Å². The minimum Gasteiger partial charge on any atom is -0.381 e. The van der Waals surface area contributed by atoms with Crippen molar-refractivity contribution in [1.29, 1.82) is 0 Å². The highest BCUT2D eigenvalue weighted by Crippen LogP contribution is 2.31. The zero-order valence-corrected chi connectivity index (χ0v) is 14.7. The summed E-state index contributed by atoms with van der Waals surface area (Å²) < 4.78 is 5.31. The highest BCUT2D eigenvalue weighted by atomic mass is 35.5. The van der Waals surface area contributed by atoms with Crippen molar-refractivity contribution in [3.05, 3.63) is 39.4 Å². The van der Waals surface area contributed by atoms with Crippen LogP contribution in [0.25, 0.3) is 0 Å². The summed E-state index contributed by atoms with van der Waals surface area (Å²) in [5.74, 6) is -0.112. The molecule has 8 heteroatoms. The Morgan fingerprint density at radius 2 is 2.08 bits per heavy atom. The number of aryl methyl sites for hydroxylation is 1. The maximum absolute atomic E-state index is 12.6. The number of nitrogens with one attached hydrogen (secondary N) is 1. The lowest BCUT2D eigenvalue weighted by Crippen LogP contribution is -2.49. The average molecular weight is 358 g/mol. The van der Waals surface area contributed by atoms with Crippen LogP contribution in [0.2, 0.25) is 0 Å². The summed E-state index contributed by atoms with van der Waals surface area (Å²) in [5.41, 5.74) is 6.58. The van der Waals surface area contributed by atoms with Crippen molar-refractivity contribution in [1.82, 2.24) is 5.32 Å². The number of carbonyl (C=O) groups is 1. The molecule has 3 N–H and O–H groups in total. The number of nitrogens with two attached hydrogens (primary N) is 1. The standard InChI is InChI=1S/C16H23N3O4.ClH/c1-11-3-4-13(9-14(11)19(21)22)12(2)18-15(20)16(10-17)5-7-23-8-6-16;/h3-4,9,12H,5-8,10,17H2,1-2H3,(H,18,20);1H. The highest BCUT2D eigenvalue weighted by Gasteiger charge is 2.39. The third-order valence-corrected chi connectivity index (χ3v) is 4.60. The zero-order chi connectivity index (χ0) is 17.0. The molecule has 1 saturated heterocycles. The first-order valence-corrected chi connectivity index (χ1v) is 7.73. The van der Waals surface area contributed by atoms with E-state index in [1.165, 1.54) is 6.07 Å². The van der Waals surface area contributed by atoms with Gasteiger partial charge in [0.2, 0.25) is 5.91 Å². The van der Waals surface area contributed by atoms with E-state index in [1.807, 2.05) is 6.92 Å². The van der Waals surface area contributed by atoms with Gasteiger partial charge in [-0.05, 0) is 32.3 Å². The van der Waals surface area contributed by atoms with Crippen molar-refractivity contribution in [2.75, 3.05) is 19.8 Å². The molecule has 1 aliphatic heterocycles. The predicted octanol–water partition coefficient (Wildman–Crippen LogP) is 2.26. The van der Waals surface area contributed by atoms with E-state index in [0.717, 1.165) is 0 Å². The number of halogens is 1. The number of hydrogen-bond donors (Lipinski definition) is 2. The van der Waals surface area contributed by atoms with E-state index in [2.05, 4.69) is 5.32 Å². The van der Waals surface area contributed by atoms with Gasteiger partial charge in [-0.2, -0.15) is 0 Å². The lowest BCUT2D eigenvalue weighted by atomic mass is 9.79. The Labute approximate surface area is 147 Å². The number of ether oxygens (including phenoxy) is 1. The molecule has 1 fully saturated rings. The number of carbonyl (C=O) groups excluding carboxylic acids is 1. The number of amides is 1. The van der Waals surface area contributed by atoms with E-state index in [9.17, 15) is 14.9 Å². The first-order valence-electron chi connectivity index (χ1n) is 7.73. The van der Waals surface area contributed by atoms with Crippen molar-refractivity contribution in [2.24, 2.45) is 11.1 Å². The van der Waals surface area contributed by atoms with Gasteiger partial charge in [0.05, 0.1) is 16.4 Å². The molecular formula is C16H24ClN3O4. The minimum atomic E-state index is -0.608. The molecule has 0 bridgehead atoms. The van der Waals surface area contributed by atoms with E-state index in [1.54, 1.807) is 19.1 Å². The molecule has 1 aromatic carbocycles. The zero-order valence-electron chi connectivity index (χ0n) is 13.9. The van der Waals surface area contributed by atoms with Crippen LogP contribution in [-0.2, 0) is 9.53 Å². The normalized spacial score (nSPS) is 17.5.